The van der Waals surface area contributed by atoms with E-state index in [-0.39, 0.29) is 18.8 Å². The maximum Gasteiger partial charge on any atom is 0.305 e. The van der Waals surface area contributed by atoms with Gasteiger partial charge in [-0.15, -0.1) is 0 Å². The average molecular weight is 383 g/mol. The lowest BCUT2D eigenvalue weighted by atomic mass is 10.0. The molecule has 0 aliphatic rings. The number of carbonyl (C=O) groups excluding carboxylic acids is 1. The Kier molecular flexibility index (Phi) is 10.3. The first-order valence-corrected chi connectivity index (χ1v) is 9.64. The van der Waals surface area contributed by atoms with E-state index in [2.05, 4.69) is 16.6 Å². The van der Waals surface area contributed by atoms with Crippen molar-refractivity contribution in [3.05, 3.63) is 23.3 Å². The molecular formula is C20H34N2O5. The molecule has 0 saturated carbocycles. The van der Waals surface area contributed by atoms with Gasteiger partial charge in [0.15, 0.2) is 0 Å². The Morgan fingerprint density at radius 2 is 1.93 bits per heavy atom. The normalized spacial score (nSPS) is 15.1. The summed E-state index contributed by atoms with van der Waals surface area (Å²) in [5.74, 6) is 0.435. The predicted molar refractivity (Wildman–Crippen MR) is 104 cm³/mol. The van der Waals surface area contributed by atoms with Gasteiger partial charge in [0.05, 0.1) is 36.8 Å². The summed E-state index contributed by atoms with van der Waals surface area (Å²) >= 11 is 0. The zero-order valence-electron chi connectivity index (χ0n) is 16.9. The molecule has 0 saturated heterocycles. The van der Waals surface area contributed by atoms with Gasteiger partial charge in [0, 0.05) is 13.5 Å². The second kappa shape index (κ2) is 11.9. The first-order chi connectivity index (χ1) is 12.8. The molecule has 0 aliphatic carbocycles. The summed E-state index contributed by atoms with van der Waals surface area (Å²) in [5, 5.41) is 30.7. The standard InChI is InChI=1S/C20H34N2O5/c1-5-6-7-9-18(25)20-15(21-14(2)22(20)3)12-13-17(24)16(23)10-8-11-19(26)27-4/h12-13,16-18,23-25H,5-11H2,1-4H3/b13-12+/t16?,17?,18-/m1/s1. The minimum Gasteiger partial charge on any atom is -0.469 e. The van der Waals surface area contributed by atoms with Crippen molar-refractivity contribution in [2.45, 2.75) is 77.1 Å². The zero-order valence-corrected chi connectivity index (χ0v) is 16.9. The fourth-order valence-corrected chi connectivity index (χ4v) is 2.94. The zero-order chi connectivity index (χ0) is 20.4. The maximum absolute atomic E-state index is 11.1. The van der Waals surface area contributed by atoms with Gasteiger partial charge in [-0.25, -0.2) is 4.98 Å². The van der Waals surface area contributed by atoms with E-state index < -0.39 is 18.3 Å². The minimum atomic E-state index is -1.07. The van der Waals surface area contributed by atoms with Crippen molar-refractivity contribution >= 4 is 12.0 Å². The summed E-state index contributed by atoms with van der Waals surface area (Å²) in [7, 11) is 3.18. The highest BCUT2D eigenvalue weighted by Gasteiger charge is 2.19. The summed E-state index contributed by atoms with van der Waals surface area (Å²) in [4.78, 5) is 15.5. The highest BCUT2D eigenvalue weighted by atomic mass is 16.5. The lowest BCUT2D eigenvalue weighted by Crippen LogP contribution is -2.23. The third-order valence-corrected chi connectivity index (χ3v) is 4.74. The van der Waals surface area contributed by atoms with Crippen molar-refractivity contribution in [2.24, 2.45) is 7.05 Å². The van der Waals surface area contributed by atoms with Crippen molar-refractivity contribution < 1.29 is 24.9 Å². The van der Waals surface area contributed by atoms with Gasteiger partial charge in [-0.3, -0.25) is 4.79 Å². The van der Waals surface area contributed by atoms with Gasteiger partial charge in [-0.1, -0.05) is 32.3 Å². The predicted octanol–water partition coefficient (Wildman–Crippen LogP) is 2.42. The van der Waals surface area contributed by atoms with E-state index in [0.717, 1.165) is 25.1 Å². The number of methoxy groups -OCH3 is 1. The number of hydrogen-bond acceptors (Lipinski definition) is 6. The number of aryl methyl sites for hydroxylation is 1. The van der Waals surface area contributed by atoms with E-state index in [1.165, 1.54) is 13.2 Å². The number of nitrogens with zero attached hydrogens (tertiary/aromatic N) is 2. The van der Waals surface area contributed by atoms with Gasteiger partial charge in [0.2, 0.25) is 0 Å². The van der Waals surface area contributed by atoms with Crippen LogP contribution in [0.1, 0.15) is 75.2 Å². The molecule has 0 bridgehead atoms. The molecule has 0 radical (unpaired) electrons. The molecule has 0 spiro atoms. The molecule has 27 heavy (non-hydrogen) atoms. The number of unbranched alkanes of at least 4 members (excludes halogenated alkanes) is 2. The quantitative estimate of drug-likeness (QED) is 0.379. The van der Waals surface area contributed by atoms with Gasteiger partial charge in [-0.05, 0) is 32.3 Å². The molecule has 7 heteroatoms. The van der Waals surface area contributed by atoms with Crippen LogP contribution in [0.5, 0.6) is 0 Å². The number of carbonyl (C=O) groups is 1. The molecule has 0 aliphatic heterocycles. The molecule has 3 N–H and O–H groups in total. The molecule has 1 aromatic heterocycles. The lowest BCUT2D eigenvalue weighted by molar-refractivity contribution is -0.140. The maximum atomic E-state index is 11.1. The van der Waals surface area contributed by atoms with Crippen molar-refractivity contribution in [1.29, 1.82) is 0 Å². The molecule has 3 atom stereocenters. The van der Waals surface area contributed by atoms with E-state index in [1.54, 1.807) is 6.08 Å². The highest BCUT2D eigenvalue weighted by molar-refractivity contribution is 5.69. The Bertz CT molecular complexity index is 612. The van der Waals surface area contributed by atoms with Crippen molar-refractivity contribution in [2.75, 3.05) is 7.11 Å². The molecule has 0 fully saturated rings. The first kappa shape index (κ1) is 23.3. The lowest BCUT2D eigenvalue weighted by Gasteiger charge is -2.15. The van der Waals surface area contributed by atoms with Crippen LogP contribution in [0.15, 0.2) is 6.08 Å². The fraction of sp³-hybridized carbons (Fsp3) is 0.700. The van der Waals surface area contributed by atoms with Crippen LogP contribution in [0.2, 0.25) is 0 Å². The molecule has 1 rings (SSSR count). The summed E-state index contributed by atoms with van der Waals surface area (Å²) in [6, 6.07) is 0. The van der Waals surface area contributed by atoms with Gasteiger partial charge < -0.3 is 24.6 Å². The number of rotatable bonds is 12. The highest BCUT2D eigenvalue weighted by Crippen LogP contribution is 2.25. The van der Waals surface area contributed by atoms with Crippen LogP contribution in [0.3, 0.4) is 0 Å². The van der Waals surface area contributed by atoms with Gasteiger partial charge in [0.1, 0.15) is 5.82 Å². The van der Waals surface area contributed by atoms with E-state index in [9.17, 15) is 20.1 Å². The largest absolute Gasteiger partial charge is 0.469 e. The molecule has 1 heterocycles. The first-order valence-electron chi connectivity index (χ1n) is 9.64. The Hall–Kier alpha value is -1.70. The molecule has 154 valence electrons. The number of ether oxygens (including phenoxy) is 1. The Balaban J connectivity index is 2.73. The summed E-state index contributed by atoms with van der Waals surface area (Å²) in [6.07, 6.45) is 5.12. The minimum absolute atomic E-state index is 0.206. The molecule has 7 nitrogen and oxygen atoms in total. The van der Waals surface area contributed by atoms with Crippen LogP contribution in [0.4, 0.5) is 0 Å². The monoisotopic (exact) mass is 382 g/mol. The molecule has 1 aromatic rings. The van der Waals surface area contributed by atoms with E-state index >= 15 is 0 Å². The second-order valence-corrected chi connectivity index (χ2v) is 6.89. The fourth-order valence-electron chi connectivity index (χ4n) is 2.94. The number of hydrogen-bond donors (Lipinski definition) is 3. The SMILES string of the molecule is CCCCC[C@@H](O)c1c(/C=C/C(O)C(O)CCCC(=O)OC)nc(C)n1C. The Labute approximate surface area is 161 Å². The van der Waals surface area contributed by atoms with Crippen molar-refractivity contribution in [3.8, 4) is 0 Å². The number of esters is 1. The number of imidazole rings is 1. The summed E-state index contributed by atoms with van der Waals surface area (Å²) < 4.78 is 6.41. The van der Waals surface area contributed by atoms with Crippen LogP contribution in [-0.4, -0.2) is 50.2 Å². The van der Waals surface area contributed by atoms with E-state index in [4.69, 9.17) is 0 Å². The van der Waals surface area contributed by atoms with Gasteiger partial charge in [-0.2, -0.15) is 0 Å². The van der Waals surface area contributed by atoms with Crippen LogP contribution in [-0.2, 0) is 16.6 Å². The van der Waals surface area contributed by atoms with E-state index in [0.29, 0.717) is 24.2 Å². The number of aliphatic hydroxyl groups excluding tert-OH is 3. The van der Waals surface area contributed by atoms with Crippen LogP contribution in [0.25, 0.3) is 6.08 Å². The van der Waals surface area contributed by atoms with Crippen LogP contribution < -0.4 is 0 Å². The number of aliphatic hydroxyl groups is 3. The van der Waals surface area contributed by atoms with Gasteiger partial charge in [0.25, 0.3) is 0 Å². The molecule has 2 unspecified atom stereocenters. The smallest absolute Gasteiger partial charge is 0.305 e. The summed E-state index contributed by atoms with van der Waals surface area (Å²) in [6.45, 7) is 3.98. The van der Waals surface area contributed by atoms with Crippen LogP contribution >= 0.6 is 0 Å². The second-order valence-electron chi connectivity index (χ2n) is 6.89. The van der Waals surface area contributed by atoms with E-state index in [1.807, 2.05) is 18.5 Å². The third-order valence-electron chi connectivity index (χ3n) is 4.74. The van der Waals surface area contributed by atoms with Crippen molar-refractivity contribution in [1.82, 2.24) is 9.55 Å². The molecular weight excluding hydrogens is 348 g/mol. The molecule has 0 amide bonds. The third kappa shape index (κ3) is 7.44. The number of aromatic nitrogens is 2. The topological polar surface area (TPSA) is 105 Å². The molecule has 0 aromatic carbocycles. The van der Waals surface area contributed by atoms with Crippen molar-refractivity contribution in [3.63, 3.8) is 0 Å². The average Bonchev–Trinajstić information content (AvgIpc) is 2.93. The van der Waals surface area contributed by atoms with Gasteiger partial charge >= 0.3 is 5.97 Å². The Morgan fingerprint density at radius 1 is 1.22 bits per heavy atom. The summed E-state index contributed by atoms with van der Waals surface area (Å²) in [5.41, 5.74) is 1.31. The van der Waals surface area contributed by atoms with Crippen LogP contribution in [0, 0.1) is 6.92 Å². The Morgan fingerprint density at radius 3 is 2.56 bits per heavy atom.